The van der Waals surface area contributed by atoms with Crippen LogP contribution in [0.2, 0.25) is 0 Å². The molecule has 0 aliphatic carbocycles. The zero-order valence-electron chi connectivity index (χ0n) is 12.9. The molecule has 0 fully saturated rings. The Bertz CT molecular complexity index is 655. The summed E-state index contributed by atoms with van der Waals surface area (Å²) in [5.41, 5.74) is 9.60. The SMILES string of the molecule is Cc1cc(N)cc(C)c1O/C(C=N)=C/NCc1ccccc1. The smallest absolute Gasteiger partial charge is 0.160 e. The average Bonchev–Trinajstić information content (AvgIpc) is 2.50. The molecule has 0 aliphatic rings. The minimum absolute atomic E-state index is 0.451. The lowest BCUT2D eigenvalue weighted by atomic mass is 10.1. The molecule has 0 unspecified atom stereocenters. The quantitative estimate of drug-likeness (QED) is 0.433. The minimum Gasteiger partial charge on any atom is -0.454 e. The summed E-state index contributed by atoms with van der Waals surface area (Å²) < 4.78 is 5.82. The molecule has 0 heterocycles. The molecule has 2 rings (SSSR count). The summed E-state index contributed by atoms with van der Waals surface area (Å²) in [6.45, 7) is 4.57. The first kappa shape index (κ1) is 15.6. The molecule has 0 saturated heterocycles. The zero-order valence-corrected chi connectivity index (χ0v) is 12.9. The second-order valence-corrected chi connectivity index (χ2v) is 5.14. The number of benzene rings is 2. The first-order valence-corrected chi connectivity index (χ1v) is 7.12. The number of anilines is 1. The van der Waals surface area contributed by atoms with Crippen molar-refractivity contribution in [3.05, 3.63) is 71.1 Å². The highest BCUT2D eigenvalue weighted by Crippen LogP contribution is 2.27. The molecule has 4 N–H and O–H groups in total. The number of aryl methyl sites for hydroxylation is 2. The summed E-state index contributed by atoms with van der Waals surface area (Å²) in [5.74, 6) is 1.19. The van der Waals surface area contributed by atoms with Crippen LogP contribution in [0.15, 0.2) is 54.4 Å². The van der Waals surface area contributed by atoms with Crippen LogP contribution in [0.25, 0.3) is 0 Å². The van der Waals surface area contributed by atoms with Gasteiger partial charge in [0.15, 0.2) is 5.76 Å². The van der Waals surface area contributed by atoms with Gasteiger partial charge in [0.1, 0.15) is 5.75 Å². The van der Waals surface area contributed by atoms with E-state index in [4.69, 9.17) is 15.9 Å². The van der Waals surface area contributed by atoms with Gasteiger partial charge >= 0.3 is 0 Å². The van der Waals surface area contributed by atoms with E-state index < -0.39 is 0 Å². The summed E-state index contributed by atoms with van der Waals surface area (Å²) >= 11 is 0. The van der Waals surface area contributed by atoms with E-state index >= 15 is 0 Å². The minimum atomic E-state index is 0.451. The maximum Gasteiger partial charge on any atom is 0.160 e. The van der Waals surface area contributed by atoms with Crippen LogP contribution in [-0.2, 0) is 6.54 Å². The molecule has 0 aromatic heterocycles. The normalized spacial score (nSPS) is 11.1. The number of allylic oxidation sites excluding steroid dienone is 1. The van der Waals surface area contributed by atoms with Crippen LogP contribution in [0, 0.1) is 19.3 Å². The lowest BCUT2D eigenvalue weighted by Gasteiger charge is -2.13. The summed E-state index contributed by atoms with van der Waals surface area (Å²) in [5, 5.41) is 10.7. The van der Waals surface area contributed by atoms with Gasteiger partial charge in [-0.25, -0.2) is 0 Å². The van der Waals surface area contributed by atoms with Crippen LogP contribution in [0.3, 0.4) is 0 Å². The maximum absolute atomic E-state index is 7.49. The summed E-state index contributed by atoms with van der Waals surface area (Å²) in [6.07, 6.45) is 2.89. The average molecular weight is 295 g/mol. The molecule has 0 atom stereocenters. The molecule has 0 saturated carbocycles. The van der Waals surface area contributed by atoms with Gasteiger partial charge in [-0.05, 0) is 42.7 Å². The highest BCUT2D eigenvalue weighted by molar-refractivity contribution is 5.74. The first-order chi connectivity index (χ1) is 10.6. The molecule has 0 bridgehead atoms. The van der Waals surface area contributed by atoms with E-state index in [1.807, 2.05) is 56.3 Å². The van der Waals surface area contributed by atoms with Crippen molar-refractivity contribution in [3.8, 4) is 5.75 Å². The summed E-state index contributed by atoms with van der Waals surface area (Å²) in [4.78, 5) is 0. The van der Waals surface area contributed by atoms with E-state index in [0.717, 1.165) is 16.9 Å². The van der Waals surface area contributed by atoms with E-state index in [1.165, 1.54) is 11.8 Å². The molecule has 114 valence electrons. The molecule has 22 heavy (non-hydrogen) atoms. The predicted octanol–water partition coefficient (Wildman–Crippen LogP) is 3.55. The number of rotatable bonds is 6. The van der Waals surface area contributed by atoms with Gasteiger partial charge in [-0.2, -0.15) is 0 Å². The van der Waals surface area contributed by atoms with Crippen molar-refractivity contribution in [3.63, 3.8) is 0 Å². The third-order valence-electron chi connectivity index (χ3n) is 3.24. The first-order valence-electron chi connectivity index (χ1n) is 7.12. The Morgan fingerprint density at radius 1 is 1.18 bits per heavy atom. The molecule has 4 heteroatoms. The van der Waals surface area contributed by atoms with Gasteiger partial charge in [0.2, 0.25) is 0 Å². The number of hydrogen-bond donors (Lipinski definition) is 3. The number of hydrogen-bond acceptors (Lipinski definition) is 4. The van der Waals surface area contributed by atoms with Crippen molar-refractivity contribution in [1.82, 2.24) is 5.32 Å². The van der Waals surface area contributed by atoms with Gasteiger partial charge in [0.25, 0.3) is 0 Å². The molecule has 0 amide bonds. The van der Waals surface area contributed by atoms with E-state index in [-0.39, 0.29) is 0 Å². The van der Waals surface area contributed by atoms with E-state index in [2.05, 4.69) is 5.32 Å². The van der Waals surface area contributed by atoms with Crippen LogP contribution in [0.1, 0.15) is 16.7 Å². The van der Waals surface area contributed by atoms with Crippen LogP contribution < -0.4 is 15.8 Å². The highest BCUT2D eigenvalue weighted by atomic mass is 16.5. The Kier molecular flexibility index (Phi) is 5.20. The zero-order chi connectivity index (χ0) is 15.9. The Hall–Kier alpha value is -2.75. The topological polar surface area (TPSA) is 71.1 Å². The Morgan fingerprint density at radius 3 is 2.41 bits per heavy atom. The molecule has 0 aliphatic heterocycles. The van der Waals surface area contributed by atoms with Crippen LogP contribution in [0.4, 0.5) is 5.69 Å². The monoisotopic (exact) mass is 295 g/mol. The Labute approximate surface area is 131 Å². The summed E-state index contributed by atoms with van der Waals surface area (Å²) in [6, 6.07) is 13.8. The molecule has 0 radical (unpaired) electrons. The number of nitrogens with two attached hydrogens (primary N) is 1. The van der Waals surface area contributed by atoms with Crippen LogP contribution in [0.5, 0.6) is 5.75 Å². The van der Waals surface area contributed by atoms with E-state index in [0.29, 0.717) is 18.0 Å². The van der Waals surface area contributed by atoms with Crippen molar-refractivity contribution in [2.75, 3.05) is 5.73 Å². The number of ether oxygens (including phenoxy) is 1. The molecule has 2 aromatic carbocycles. The van der Waals surface area contributed by atoms with Crippen LogP contribution in [-0.4, -0.2) is 6.21 Å². The third kappa shape index (κ3) is 4.12. The van der Waals surface area contributed by atoms with Gasteiger partial charge < -0.3 is 21.2 Å². The molecular weight excluding hydrogens is 274 g/mol. The maximum atomic E-state index is 7.49. The van der Waals surface area contributed by atoms with Gasteiger partial charge in [-0.1, -0.05) is 30.3 Å². The largest absolute Gasteiger partial charge is 0.454 e. The highest BCUT2D eigenvalue weighted by Gasteiger charge is 2.07. The van der Waals surface area contributed by atoms with Crippen LogP contribution >= 0.6 is 0 Å². The molecule has 2 aromatic rings. The van der Waals surface area contributed by atoms with Gasteiger partial charge in [-0.3, -0.25) is 0 Å². The second kappa shape index (κ2) is 7.31. The fourth-order valence-corrected chi connectivity index (χ4v) is 2.23. The standard InChI is InChI=1S/C18H21N3O/c1-13-8-16(20)9-14(2)18(13)22-17(10-19)12-21-11-15-6-4-3-5-7-15/h3-10,12,19,21H,11,20H2,1-2H3/b17-12+,19-10?. The fourth-order valence-electron chi connectivity index (χ4n) is 2.23. The van der Waals surface area contributed by atoms with Gasteiger partial charge in [0.05, 0.1) is 6.21 Å². The molecule has 0 spiro atoms. The van der Waals surface area contributed by atoms with E-state index in [9.17, 15) is 0 Å². The van der Waals surface area contributed by atoms with Crippen molar-refractivity contribution < 1.29 is 4.74 Å². The van der Waals surface area contributed by atoms with E-state index in [1.54, 1.807) is 6.20 Å². The third-order valence-corrected chi connectivity index (χ3v) is 3.24. The van der Waals surface area contributed by atoms with Gasteiger partial charge in [-0.15, -0.1) is 0 Å². The Morgan fingerprint density at radius 2 is 1.82 bits per heavy atom. The van der Waals surface area contributed by atoms with Crippen molar-refractivity contribution in [2.45, 2.75) is 20.4 Å². The van der Waals surface area contributed by atoms with Crippen molar-refractivity contribution >= 4 is 11.9 Å². The molecular formula is C18H21N3O. The molecule has 4 nitrogen and oxygen atoms in total. The second-order valence-electron chi connectivity index (χ2n) is 5.14. The number of nitrogen functional groups attached to an aromatic ring is 1. The predicted molar refractivity (Wildman–Crippen MR) is 91.1 cm³/mol. The number of nitrogens with one attached hydrogen (secondary N) is 2. The van der Waals surface area contributed by atoms with Gasteiger partial charge in [0, 0.05) is 18.4 Å². The lowest BCUT2D eigenvalue weighted by Crippen LogP contribution is -2.09. The van der Waals surface area contributed by atoms with Crippen molar-refractivity contribution in [1.29, 1.82) is 5.41 Å². The summed E-state index contributed by atoms with van der Waals surface area (Å²) in [7, 11) is 0. The Balaban J connectivity index is 2.06. The lowest BCUT2D eigenvalue weighted by molar-refractivity contribution is 0.445. The fraction of sp³-hybridized carbons (Fsp3) is 0.167. The van der Waals surface area contributed by atoms with Crippen molar-refractivity contribution in [2.24, 2.45) is 0 Å².